The lowest BCUT2D eigenvalue weighted by atomic mass is 10.0. The number of anilines is 1. The van der Waals surface area contributed by atoms with E-state index in [4.69, 9.17) is 9.72 Å². The van der Waals surface area contributed by atoms with Crippen LogP contribution >= 0.6 is 22.7 Å². The summed E-state index contributed by atoms with van der Waals surface area (Å²) in [5.74, 6) is -0.157. The van der Waals surface area contributed by atoms with Crippen molar-refractivity contribution < 1.29 is 14.3 Å². The number of nitrogens with zero attached hydrogens (tertiary/aromatic N) is 2. The number of hydrogen-bond acceptors (Lipinski definition) is 6. The quantitative estimate of drug-likeness (QED) is 0.282. The van der Waals surface area contributed by atoms with Crippen molar-refractivity contribution in [3.8, 4) is 10.6 Å². The molecule has 6 nitrogen and oxygen atoms in total. The van der Waals surface area contributed by atoms with Crippen LogP contribution in [0, 0.1) is 0 Å². The van der Waals surface area contributed by atoms with E-state index in [2.05, 4.69) is 11.4 Å². The molecule has 0 radical (unpaired) electrons. The number of carbonyl (C=O) groups excluding carboxylic acids is 2. The number of benzene rings is 3. The molecule has 0 saturated heterocycles. The minimum absolute atomic E-state index is 0.157. The Morgan fingerprint density at radius 3 is 2.69 bits per heavy atom. The third-order valence-electron chi connectivity index (χ3n) is 6.35. The van der Waals surface area contributed by atoms with E-state index < -0.39 is 0 Å². The topological polar surface area (TPSA) is 71.5 Å². The number of para-hydroxylation sites is 1. The molecule has 0 spiro atoms. The van der Waals surface area contributed by atoms with E-state index >= 15 is 0 Å². The van der Waals surface area contributed by atoms with Crippen molar-refractivity contribution in [1.82, 2.24) is 9.88 Å². The zero-order valence-electron chi connectivity index (χ0n) is 19.6. The molecule has 5 aromatic rings. The van der Waals surface area contributed by atoms with E-state index in [9.17, 15) is 9.59 Å². The van der Waals surface area contributed by atoms with Gasteiger partial charge in [-0.2, -0.15) is 0 Å². The van der Waals surface area contributed by atoms with E-state index in [0.29, 0.717) is 31.7 Å². The van der Waals surface area contributed by atoms with E-state index in [-0.39, 0.29) is 12.0 Å². The highest BCUT2D eigenvalue weighted by atomic mass is 32.1. The van der Waals surface area contributed by atoms with Gasteiger partial charge in [-0.1, -0.05) is 48.5 Å². The molecule has 3 aromatic carbocycles. The minimum Gasteiger partial charge on any atom is -0.450 e. The van der Waals surface area contributed by atoms with Crippen LogP contribution < -0.4 is 5.32 Å². The van der Waals surface area contributed by atoms with Gasteiger partial charge in [-0.15, -0.1) is 22.7 Å². The molecule has 2 aromatic heterocycles. The first kappa shape index (κ1) is 22.7. The maximum absolute atomic E-state index is 13.5. The van der Waals surface area contributed by atoms with Crippen molar-refractivity contribution in [3.63, 3.8) is 0 Å². The molecule has 3 heterocycles. The van der Waals surface area contributed by atoms with Crippen molar-refractivity contribution in [1.29, 1.82) is 0 Å². The Labute approximate surface area is 216 Å². The lowest BCUT2D eigenvalue weighted by Gasteiger charge is -2.26. The fourth-order valence-corrected chi connectivity index (χ4v) is 7.03. The number of nitrogens with one attached hydrogen (secondary N) is 1. The van der Waals surface area contributed by atoms with Gasteiger partial charge in [0.1, 0.15) is 10.0 Å². The first-order chi connectivity index (χ1) is 17.6. The van der Waals surface area contributed by atoms with E-state index in [1.165, 1.54) is 11.3 Å². The van der Waals surface area contributed by atoms with Gasteiger partial charge < -0.3 is 15.0 Å². The Kier molecular flexibility index (Phi) is 5.91. The SMILES string of the molecule is CCOC(=O)N1CCc2c(sc(NC(=O)c3cccc4ccccc34)c2-c2nc3ccccc3s2)C1. The number of ether oxygens (including phenoxy) is 1. The number of amides is 2. The molecule has 0 fully saturated rings. The molecule has 36 heavy (non-hydrogen) atoms. The molecule has 6 rings (SSSR count). The predicted molar refractivity (Wildman–Crippen MR) is 146 cm³/mol. The molecule has 1 aliphatic heterocycles. The van der Waals surface area contributed by atoms with E-state index in [0.717, 1.165) is 47.0 Å². The molecular formula is C28H23N3O3S2. The molecule has 0 saturated carbocycles. The summed E-state index contributed by atoms with van der Waals surface area (Å²) in [6.45, 7) is 3.18. The number of thiophene rings is 1. The number of fused-ring (bicyclic) bond motifs is 3. The average molecular weight is 514 g/mol. The van der Waals surface area contributed by atoms with Crippen molar-refractivity contribution in [2.45, 2.75) is 19.9 Å². The smallest absolute Gasteiger partial charge is 0.410 e. The Bertz CT molecular complexity index is 1580. The van der Waals surface area contributed by atoms with Gasteiger partial charge in [-0.05, 0) is 47.9 Å². The van der Waals surface area contributed by atoms with Gasteiger partial charge in [-0.25, -0.2) is 9.78 Å². The number of rotatable bonds is 4. The monoisotopic (exact) mass is 513 g/mol. The highest BCUT2D eigenvalue weighted by Crippen LogP contribution is 2.46. The van der Waals surface area contributed by atoms with Gasteiger partial charge in [0.25, 0.3) is 5.91 Å². The second-order valence-corrected chi connectivity index (χ2v) is 10.7. The molecule has 1 aliphatic rings. The lowest BCUT2D eigenvalue weighted by Crippen LogP contribution is -2.35. The molecule has 0 aliphatic carbocycles. The van der Waals surface area contributed by atoms with Gasteiger partial charge in [0.2, 0.25) is 0 Å². The standard InChI is InChI=1S/C28H23N3O3S2/c1-2-34-28(33)31-15-14-20-23(16-31)36-27(24(20)26-29-21-12-5-6-13-22(21)35-26)30-25(32)19-11-7-9-17-8-3-4-10-18(17)19/h3-13H,2,14-16H2,1H3,(H,30,32). The zero-order valence-corrected chi connectivity index (χ0v) is 21.2. The van der Waals surface area contributed by atoms with Gasteiger partial charge in [0.15, 0.2) is 0 Å². The fourth-order valence-electron chi connectivity index (χ4n) is 4.66. The fraction of sp³-hybridized carbons (Fsp3) is 0.179. The first-order valence-electron chi connectivity index (χ1n) is 11.8. The summed E-state index contributed by atoms with van der Waals surface area (Å²) < 4.78 is 6.33. The van der Waals surface area contributed by atoms with Gasteiger partial charge in [0, 0.05) is 22.5 Å². The van der Waals surface area contributed by atoms with Crippen LogP contribution in [0.1, 0.15) is 27.7 Å². The highest BCUT2D eigenvalue weighted by molar-refractivity contribution is 7.23. The summed E-state index contributed by atoms with van der Waals surface area (Å²) in [7, 11) is 0. The van der Waals surface area contributed by atoms with Crippen LogP contribution in [0.25, 0.3) is 31.6 Å². The van der Waals surface area contributed by atoms with Crippen LogP contribution in [-0.2, 0) is 17.7 Å². The molecule has 180 valence electrons. The first-order valence-corrected chi connectivity index (χ1v) is 13.5. The van der Waals surface area contributed by atoms with Crippen molar-refractivity contribution >= 4 is 60.7 Å². The third-order valence-corrected chi connectivity index (χ3v) is 8.54. The van der Waals surface area contributed by atoms with Crippen LogP contribution in [0.15, 0.2) is 66.7 Å². The van der Waals surface area contributed by atoms with Crippen LogP contribution in [0.5, 0.6) is 0 Å². The summed E-state index contributed by atoms with van der Waals surface area (Å²) in [5, 5.41) is 6.78. The zero-order chi connectivity index (χ0) is 24.6. The molecule has 2 amide bonds. The second kappa shape index (κ2) is 9.37. The van der Waals surface area contributed by atoms with Crippen molar-refractivity contribution in [3.05, 3.63) is 82.7 Å². The Morgan fingerprint density at radius 2 is 1.83 bits per heavy atom. The normalized spacial score (nSPS) is 13.1. The summed E-state index contributed by atoms with van der Waals surface area (Å²) in [6, 6.07) is 21.7. The largest absolute Gasteiger partial charge is 0.450 e. The van der Waals surface area contributed by atoms with Crippen LogP contribution in [-0.4, -0.2) is 35.0 Å². The van der Waals surface area contributed by atoms with Crippen molar-refractivity contribution in [2.75, 3.05) is 18.5 Å². The maximum atomic E-state index is 13.5. The second-order valence-electron chi connectivity index (χ2n) is 8.55. The number of hydrogen-bond donors (Lipinski definition) is 1. The Hall–Kier alpha value is -3.75. The molecule has 0 bridgehead atoms. The molecule has 0 unspecified atom stereocenters. The molecular weight excluding hydrogens is 490 g/mol. The number of carbonyl (C=O) groups is 2. The van der Waals surface area contributed by atoms with Crippen LogP contribution in [0.4, 0.5) is 9.80 Å². The van der Waals surface area contributed by atoms with E-state index in [1.54, 1.807) is 16.2 Å². The summed E-state index contributed by atoms with van der Waals surface area (Å²) in [4.78, 5) is 33.6. The van der Waals surface area contributed by atoms with E-state index in [1.807, 2.05) is 67.6 Å². The van der Waals surface area contributed by atoms with Gasteiger partial charge in [-0.3, -0.25) is 4.79 Å². The number of aromatic nitrogens is 1. The predicted octanol–water partition coefficient (Wildman–Crippen LogP) is 6.94. The molecule has 0 atom stereocenters. The highest BCUT2D eigenvalue weighted by Gasteiger charge is 2.30. The summed E-state index contributed by atoms with van der Waals surface area (Å²) in [6.07, 6.45) is 0.375. The Morgan fingerprint density at radius 1 is 1.03 bits per heavy atom. The third kappa shape index (κ3) is 4.02. The summed E-state index contributed by atoms with van der Waals surface area (Å²) in [5.41, 5.74) is 3.68. The lowest BCUT2D eigenvalue weighted by molar-refractivity contribution is 0.102. The Balaban J connectivity index is 1.43. The van der Waals surface area contributed by atoms with Gasteiger partial charge in [0.05, 0.1) is 23.4 Å². The van der Waals surface area contributed by atoms with Gasteiger partial charge >= 0.3 is 6.09 Å². The number of thiazole rings is 1. The van der Waals surface area contributed by atoms with Crippen molar-refractivity contribution in [2.24, 2.45) is 0 Å². The molecule has 8 heteroatoms. The molecule has 1 N–H and O–H groups in total. The average Bonchev–Trinajstić information content (AvgIpc) is 3.48. The summed E-state index contributed by atoms with van der Waals surface area (Å²) >= 11 is 3.14. The minimum atomic E-state index is -0.306. The van der Waals surface area contributed by atoms with Crippen LogP contribution in [0.2, 0.25) is 0 Å². The maximum Gasteiger partial charge on any atom is 0.410 e. The van der Waals surface area contributed by atoms with Crippen LogP contribution in [0.3, 0.4) is 0 Å².